The van der Waals surface area contributed by atoms with Crippen LogP contribution in [0.15, 0.2) is 69.0 Å². The molecule has 2 heterocycles. The molecular weight excluding hydrogens is 404 g/mol. The van der Waals surface area contributed by atoms with E-state index in [1.54, 1.807) is 25.1 Å². The summed E-state index contributed by atoms with van der Waals surface area (Å²) in [4.78, 5) is 24.6. The van der Waals surface area contributed by atoms with E-state index >= 15 is 0 Å². The van der Waals surface area contributed by atoms with Gasteiger partial charge in [-0.3, -0.25) is 9.59 Å². The molecule has 30 heavy (non-hydrogen) atoms. The Labute approximate surface area is 175 Å². The molecule has 0 N–H and O–H groups in total. The maximum absolute atomic E-state index is 13.0. The minimum absolute atomic E-state index is 0.174. The van der Waals surface area contributed by atoms with Crippen molar-refractivity contribution < 1.29 is 13.9 Å². The molecule has 2 aromatic carbocycles. The van der Waals surface area contributed by atoms with Gasteiger partial charge in [0.1, 0.15) is 5.25 Å². The van der Waals surface area contributed by atoms with E-state index in [2.05, 4.69) is 15.3 Å². The maximum atomic E-state index is 13.0. The van der Waals surface area contributed by atoms with Gasteiger partial charge in [-0.25, -0.2) is 4.68 Å². The van der Waals surface area contributed by atoms with Crippen LogP contribution in [-0.4, -0.2) is 38.3 Å². The molecule has 0 saturated heterocycles. The first-order valence-electron chi connectivity index (χ1n) is 9.19. The Morgan fingerprint density at radius 1 is 1.10 bits per heavy atom. The highest BCUT2D eigenvalue weighted by Crippen LogP contribution is 2.28. The fourth-order valence-corrected chi connectivity index (χ4v) is 3.68. The maximum Gasteiger partial charge on any atom is 0.319 e. The fraction of sp³-hybridized carbons (Fsp3) is 0.190. The summed E-state index contributed by atoms with van der Waals surface area (Å²) in [5, 5.41) is 13.4. The number of esters is 1. The van der Waals surface area contributed by atoms with Gasteiger partial charge in [-0.2, -0.15) is 5.10 Å². The minimum atomic E-state index is -0.500. The molecule has 0 aliphatic heterocycles. The number of ether oxygens (including phenoxy) is 1. The number of rotatable bonds is 6. The summed E-state index contributed by atoms with van der Waals surface area (Å²) in [5.74, 6) is -0.215. The lowest BCUT2D eigenvalue weighted by molar-refractivity contribution is -0.139. The standard InChI is InChI=1S/C21H18N4O4S/c1-13(20(27)28-2)30-21-23-22-18(29-21)17-15-10-6-7-11-16(15)19(26)25(24-17)12-14-8-4-3-5-9-14/h3-11,13H,12H2,1-2H3/t13-/m1/s1. The Kier molecular flexibility index (Phi) is 5.62. The Morgan fingerprint density at radius 3 is 2.53 bits per heavy atom. The molecular formula is C21H18N4O4S. The van der Waals surface area contributed by atoms with Crippen molar-refractivity contribution in [3.63, 3.8) is 0 Å². The van der Waals surface area contributed by atoms with Crippen LogP contribution < -0.4 is 5.56 Å². The first kappa shape index (κ1) is 19.8. The van der Waals surface area contributed by atoms with E-state index in [9.17, 15) is 9.59 Å². The molecule has 4 aromatic rings. The van der Waals surface area contributed by atoms with Crippen LogP contribution in [0, 0.1) is 0 Å². The van der Waals surface area contributed by atoms with E-state index in [1.165, 1.54) is 11.8 Å². The highest BCUT2D eigenvalue weighted by Gasteiger charge is 2.21. The van der Waals surface area contributed by atoms with Crippen molar-refractivity contribution >= 4 is 28.5 Å². The lowest BCUT2D eigenvalue weighted by Gasteiger charge is -2.09. The summed E-state index contributed by atoms with van der Waals surface area (Å²) in [7, 11) is 1.32. The van der Waals surface area contributed by atoms with Gasteiger partial charge >= 0.3 is 5.97 Å². The van der Waals surface area contributed by atoms with Crippen LogP contribution in [0.4, 0.5) is 0 Å². The molecule has 0 bridgehead atoms. The Balaban J connectivity index is 1.76. The molecule has 0 aliphatic carbocycles. The summed E-state index contributed by atoms with van der Waals surface area (Å²) >= 11 is 1.10. The summed E-state index contributed by atoms with van der Waals surface area (Å²) in [5.41, 5.74) is 1.15. The Morgan fingerprint density at radius 2 is 1.80 bits per heavy atom. The van der Waals surface area contributed by atoms with Crippen LogP contribution in [0.2, 0.25) is 0 Å². The molecule has 9 heteroatoms. The van der Waals surface area contributed by atoms with Crippen molar-refractivity contribution in [2.45, 2.75) is 23.9 Å². The molecule has 0 radical (unpaired) electrons. The number of hydrogen-bond acceptors (Lipinski definition) is 8. The Hall–Kier alpha value is -3.46. The molecule has 0 fully saturated rings. The fourth-order valence-electron chi connectivity index (χ4n) is 2.98. The molecule has 1 atom stereocenters. The molecule has 8 nitrogen and oxygen atoms in total. The number of methoxy groups -OCH3 is 1. The van der Waals surface area contributed by atoms with Gasteiger partial charge in [0.15, 0.2) is 5.69 Å². The zero-order chi connectivity index (χ0) is 21.1. The van der Waals surface area contributed by atoms with Crippen LogP contribution in [0.25, 0.3) is 22.4 Å². The van der Waals surface area contributed by atoms with Crippen molar-refractivity contribution in [1.29, 1.82) is 0 Å². The predicted molar refractivity (Wildman–Crippen MR) is 112 cm³/mol. The monoisotopic (exact) mass is 422 g/mol. The van der Waals surface area contributed by atoms with Gasteiger partial charge in [-0.15, -0.1) is 10.2 Å². The second kappa shape index (κ2) is 8.50. The number of fused-ring (bicyclic) bond motifs is 1. The van der Waals surface area contributed by atoms with E-state index < -0.39 is 5.25 Å². The molecule has 0 amide bonds. The van der Waals surface area contributed by atoms with Crippen LogP contribution in [-0.2, 0) is 16.1 Å². The van der Waals surface area contributed by atoms with Crippen LogP contribution in [0.5, 0.6) is 0 Å². The van der Waals surface area contributed by atoms with Crippen molar-refractivity contribution in [2.24, 2.45) is 0 Å². The molecule has 152 valence electrons. The molecule has 4 rings (SSSR count). The third-order valence-corrected chi connectivity index (χ3v) is 5.38. The quantitative estimate of drug-likeness (QED) is 0.345. The van der Waals surface area contributed by atoms with E-state index in [0.29, 0.717) is 23.0 Å². The van der Waals surface area contributed by atoms with Gasteiger partial charge in [0, 0.05) is 5.39 Å². The average molecular weight is 422 g/mol. The first-order chi connectivity index (χ1) is 14.6. The van der Waals surface area contributed by atoms with E-state index in [1.807, 2.05) is 36.4 Å². The van der Waals surface area contributed by atoms with Crippen molar-refractivity contribution in [1.82, 2.24) is 20.0 Å². The molecule has 0 unspecified atom stereocenters. The zero-order valence-electron chi connectivity index (χ0n) is 16.3. The number of carbonyl (C=O) groups excluding carboxylic acids is 1. The zero-order valence-corrected chi connectivity index (χ0v) is 17.1. The van der Waals surface area contributed by atoms with Crippen molar-refractivity contribution in [3.05, 3.63) is 70.5 Å². The third-order valence-electron chi connectivity index (χ3n) is 4.46. The van der Waals surface area contributed by atoms with E-state index in [-0.39, 0.29) is 22.6 Å². The lowest BCUT2D eigenvalue weighted by atomic mass is 10.1. The van der Waals surface area contributed by atoms with E-state index in [0.717, 1.165) is 17.3 Å². The topological polar surface area (TPSA) is 100 Å². The highest BCUT2D eigenvalue weighted by atomic mass is 32.2. The first-order valence-corrected chi connectivity index (χ1v) is 10.1. The predicted octanol–water partition coefficient (Wildman–Crippen LogP) is 3.15. The van der Waals surface area contributed by atoms with Gasteiger partial charge in [-0.1, -0.05) is 60.3 Å². The number of nitrogens with zero attached hydrogens (tertiary/aromatic N) is 4. The van der Waals surface area contributed by atoms with Crippen LogP contribution in [0.1, 0.15) is 12.5 Å². The highest BCUT2D eigenvalue weighted by molar-refractivity contribution is 8.00. The second-order valence-electron chi connectivity index (χ2n) is 6.50. The van der Waals surface area contributed by atoms with E-state index in [4.69, 9.17) is 9.15 Å². The summed E-state index contributed by atoms with van der Waals surface area (Å²) < 4.78 is 11.9. The van der Waals surface area contributed by atoms with Gasteiger partial charge in [0.05, 0.1) is 19.0 Å². The number of carbonyl (C=O) groups is 1. The minimum Gasteiger partial charge on any atom is -0.468 e. The van der Waals surface area contributed by atoms with Gasteiger partial charge in [0.2, 0.25) is 0 Å². The number of thioether (sulfide) groups is 1. The third kappa shape index (κ3) is 3.97. The van der Waals surface area contributed by atoms with Crippen LogP contribution >= 0.6 is 11.8 Å². The summed E-state index contributed by atoms with van der Waals surface area (Å²) in [6.45, 7) is 2.00. The second-order valence-corrected chi connectivity index (χ2v) is 7.79. The largest absolute Gasteiger partial charge is 0.468 e. The number of benzene rings is 2. The van der Waals surface area contributed by atoms with Crippen molar-refractivity contribution in [2.75, 3.05) is 7.11 Å². The van der Waals surface area contributed by atoms with Crippen LogP contribution in [0.3, 0.4) is 0 Å². The average Bonchev–Trinajstić information content (AvgIpc) is 3.24. The molecule has 2 aromatic heterocycles. The lowest BCUT2D eigenvalue weighted by Crippen LogP contribution is -2.24. The molecule has 0 aliphatic rings. The normalized spacial score (nSPS) is 12.1. The van der Waals surface area contributed by atoms with Crippen molar-refractivity contribution in [3.8, 4) is 11.6 Å². The SMILES string of the molecule is COC(=O)[C@@H](C)Sc1nnc(-c2nn(Cc3ccccc3)c(=O)c3ccccc23)o1. The summed E-state index contributed by atoms with van der Waals surface area (Å²) in [6, 6.07) is 16.7. The summed E-state index contributed by atoms with van der Waals surface area (Å²) in [6.07, 6.45) is 0. The molecule has 0 saturated carbocycles. The Bertz CT molecular complexity index is 1250. The van der Waals surface area contributed by atoms with Gasteiger partial charge < -0.3 is 9.15 Å². The van der Waals surface area contributed by atoms with Gasteiger partial charge in [0.25, 0.3) is 16.7 Å². The smallest absolute Gasteiger partial charge is 0.319 e. The number of aromatic nitrogens is 4. The number of hydrogen-bond donors (Lipinski definition) is 0. The van der Waals surface area contributed by atoms with Gasteiger partial charge in [-0.05, 0) is 18.6 Å². The molecule has 0 spiro atoms.